The summed E-state index contributed by atoms with van der Waals surface area (Å²) in [6.45, 7) is 0. The molecule has 1 fully saturated rings. The second-order valence-corrected chi connectivity index (χ2v) is 3.52. The number of nitrogens with zero attached hydrogens (tertiary/aromatic N) is 1. The molecule has 0 aromatic carbocycles. The van der Waals surface area contributed by atoms with E-state index in [1.807, 2.05) is 7.05 Å². The number of halogens is 1. The van der Waals surface area contributed by atoms with Crippen molar-refractivity contribution < 1.29 is 4.39 Å². The topological polar surface area (TPSA) is 24.9 Å². The molecule has 1 N–H and O–H groups in total. The lowest BCUT2D eigenvalue weighted by molar-refractivity contribution is 0.187. The van der Waals surface area contributed by atoms with E-state index in [0.29, 0.717) is 5.69 Å². The summed E-state index contributed by atoms with van der Waals surface area (Å²) in [7, 11) is 1.87. The molecule has 1 aromatic rings. The molecular weight excluding hydrogens is 167 g/mol. The highest BCUT2D eigenvalue weighted by Gasteiger charge is 2.40. The Labute approximate surface area is 77.2 Å². The summed E-state index contributed by atoms with van der Waals surface area (Å²) in [4.78, 5) is 4.11. The maximum Gasteiger partial charge on any atom is 0.146 e. The van der Waals surface area contributed by atoms with Gasteiger partial charge < -0.3 is 5.32 Å². The predicted molar refractivity (Wildman–Crippen MR) is 48.8 cm³/mol. The van der Waals surface area contributed by atoms with Gasteiger partial charge in [-0.2, -0.15) is 0 Å². The van der Waals surface area contributed by atoms with Crippen molar-refractivity contribution in [3.63, 3.8) is 0 Å². The van der Waals surface area contributed by atoms with Crippen molar-refractivity contribution in [3.05, 3.63) is 29.8 Å². The van der Waals surface area contributed by atoms with Gasteiger partial charge in [0.05, 0.1) is 11.2 Å². The fourth-order valence-corrected chi connectivity index (χ4v) is 1.87. The maximum absolute atomic E-state index is 13.4. The van der Waals surface area contributed by atoms with Crippen LogP contribution in [0, 0.1) is 5.82 Å². The van der Waals surface area contributed by atoms with E-state index in [-0.39, 0.29) is 11.4 Å². The van der Waals surface area contributed by atoms with Gasteiger partial charge in [-0.15, -0.1) is 0 Å². The van der Waals surface area contributed by atoms with E-state index in [2.05, 4.69) is 10.3 Å². The van der Waals surface area contributed by atoms with Gasteiger partial charge >= 0.3 is 0 Å². The van der Waals surface area contributed by atoms with E-state index in [1.54, 1.807) is 12.3 Å². The first-order valence-electron chi connectivity index (χ1n) is 4.58. The van der Waals surface area contributed by atoms with Gasteiger partial charge in [0.15, 0.2) is 0 Å². The molecule has 1 heterocycles. The molecule has 0 atom stereocenters. The summed E-state index contributed by atoms with van der Waals surface area (Å²) in [5.41, 5.74) is 0.384. The zero-order valence-corrected chi connectivity index (χ0v) is 7.68. The van der Waals surface area contributed by atoms with Crippen molar-refractivity contribution in [1.82, 2.24) is 10.3 Å². The Morgan fingerprint density at radius 2 is 2.31 bits per heavy atom. The number of pyridine rings is 1. The molecule has 1 aromatic heterocycles. The quantitative estimate of drug-likeness (QED) is 0.751. The van der Waals surface area contributed by atoms with Crippen LogP contribution in [0.4, 0.5) is 4.39 Å². The fraction of sp³-hybridized carbons (Fsp3) is 0.500. The Morgan fingerprint density at radius 1 is 1.54 bits per heavy atom. The van der Waals surface area contributed by atoms with Gasteiger partial charge in [0, 0.05) is 6.20 Å². The molecule has 0 bridgehead atoms. The lowest BCUT2D eigenvalue weighted by Crippen LogP contribution is -2.47. The van der Waals surface area contributed by atoms with Crippen LogP contribution < -0.4 is 5.32 Å². The molecule has 2 nitrogen and oxygen atoms in total. The number of aromatic nitrogens is 1. The number of rotatable bonds is 2. The molecule has 70 valence electrons. The van der Waals surface area contributed by atoms with Crippen LogP contribution in [0.5, 0.6) is 0 Å². The molecule has 0 aliphatic heterocycles. The molecule has 2 rings (SSSR count). The highest BCUT2D eigenvalue weighted by molar-refractivity contribution is 5.20. The summed E-state index contributed by atoms with van der Waals surface area (Å²) in [5.74, 6) is -0.198. The molecular formula is C10H13FN2. The highest BCUT2D eigenvalue weighted by atomic mass is 19.1. The first-order valence-corrected chi connectivity index (χ1v) is 4.58. The van der Waals surface area contributed by atoms with Crippen LogP contribution in [0.3, 0.4) is 0 Å². The first-order chi connectivity index (χ1) is 6.28. The molecule has 0 spiro atoms. The number of hydrogen-bond donors (Lipinski definition) is 1. The Bertz CT molecular complexity index is 302. The maximum atomic E-state index is 13.4. The summed E-state index contributed by atoms with van der Waals surface area (Å²) in [5, 5.41) is 3.17. The van der Waals surface area contributed by atoms with Gasteiger partial charge in [0.25, 0.3) is 0 Å². The molecule has 1 aliphatic rings. The van der Waals surface area contributed by atoms with E-state index in [4.69, 9.17) is 0 Å². The van der Waals surface area contributed by atoms with Crippen LogP contribution in [0.25, 0.3) is 0 Å². The average molecular weight is 180 g/mol. The third-order valence-electron chi connectivity index (χ3n) is 2.90. The van der Waals surface area contributed by atoms with Crippen LogP contribution in [0.2, 0.25) is 0 Å². The molecule has 0 unspecified atom stereocenters. The lowest BCUT2D eigenvalue weighted by atomic mass is 9.74. The monoisotopic (exact) mass is 180 g/mol. The second kappa shape index (κ2) is 3.07. The Balaban J connectivity index is 2.38. The second-order valence-electron chi connectivity index (χ2n) is 3.52. The van der Waals surface area contributed by atoms with Crippen molar-refractivity contribution >= 4 is 0 Å². The molecule has 0 amide bonds. The van der Waals surface area contributed by atoms with Crippen LogP contribution in [-0.2, 0) is 5.54 Å². The largest absolute Gasteiger partial charge is 0.309 e. The summed E-state index contributed by atoms with van der Waals surface area (Å²) >= 11 is 0. The average Bonchev–Trinajstić information content (AvgIpc) is 2.07. The third kappa shape index (κ3) is 1.23. The van der Waals surface area contributed by atoms with Crippen molar-refractivity contribution in [3.8, 4) is 0 Å². The van der Waals surface area contributed by atoms with E-state index in [0.717, 1.165) is 19.3 Å². The smallest absolute Gasteiger partial charge is 0.146 e. The third-order valence-corrected chi connectivity index (χ3v) is 2.90. The minimum atomic E-state index is -0.198. The molecule has 3 heteroatoms. The van der Waals surface area contributed by atoms with E-state index in [1.165, 1.54) is 6.07 Å². The first kappa shape index (κ1) is 8.63. The zero-order valence-electron chi connectivity index (χ0n) is 7.68. The van der Waals surface area contributed by atoms with Crippen molar-refractivity contribution in [1.29, 1.82) is 0 Å². The van der Waals surface area contributed by atoms with E-state index in [9.17, 15) is 4.39 Å². The summed E-state index contributed by atoms with van der Waals surface area (Å²) in [6.07, 6.45) is 4.77. The fourth-order valence-electron chi connectivity index (χ4n) is 1.87. The number of hydrogen-bond acceptors (Lipinski definition) is 2. The summed E-state index contributed by atoms with van der Waals surface area (Å²) < 4.78 is 13.4. The van der Waals surface area contributed by atoms with Crippen LogP contribution >= 0.6 is 0 Å². The highest BCUT2D eigenvalue weighted by Crippen LogP contribution is 2.40. The minimum Gasteiger partial charge on any atom is -0.309 e. The van der Waals surface area contributed by atoms with Gasteiger partial charge in [-0.05, 0) is 38.4 Å². The van der Waals surface area contributed by atoms with Crippen molar-refractivity contribution in [2.24, 2.45) is 0 Å². The normalized spacial score (nSPS) is 19.5. The van der Waals surface area contributed by atoms with Gasteiger partial charge in [-0.1, -0.05) is 0 Å². The van der Waals surface area contributed by atoms with Gasteiger partial charge in [0.2, 0.25) is 0 Å². The molecule has 0 radical (unpaired) electrons. The zero-order chi connectivity index (χ0) is 9.31. The standard InChI is InChI=1S/C10H13FN2/c1-12-10(5-3-6-10)9-8(11)4-2-7-13-9/h2,4,7,12H,3,5-6H2,1H3. The van der Waals surface area contributed by atoms with Crippen LogP contribution in [0.15, 0.2) is 18.3 Å². The Kier molecular flexibility index (Phi) is 2.04. The van der Waals surface area contributed by atoms with Gasteiger partial charge in [0.1, 0.15) is 5.82 Å². The Hall–Kier alpha value is -0.960. The minimum absolute atomic E-state index is 0.189. The molecule has 1 saturated carbocycles. The van der Waals surface area contributed by atoms with Crippen molar-refractivity contribution in [2.75, 3.05) is 7.05 Å². The van der Waals surface area contributed by atoms with Crippen LogP contribution in [0.1, 0.15) is 25.0 Å². The van der Waals surface area contributed by atoms with Gasteiger partial charge in [-0.25, -0.2) is 4.39 Å². The molecule has 1 aliphatic carbocycles. The van der Waals surface area contributed by atoms with E-state index < -0.39 is 0 Å². The van der Waals surface area contributed by atoms with E-state index >= 15 is 0 Å². The molecule has 13 heavy (non-hydrogen) atoms. The summed E-state index contributed by atoms with van der Waals surface area (Å²) in [6, 6.07) is 3.10. The SMILES string of the molecule is CNC1(c2ncccc2F)CCC1. The Morgan fingerprint density at radius 3 is 2.77 bits per heavy atom. The number of nitrogens with one attached hydrogen (secondary N) is 1. The van der Waals surface area contributed by atoms with Crippen LogP contribution in [-0.4, -0.2) is 12.0 Å². The lowest BCUT2D eigenvalue weighted by Gasteiger charge is -2.41. The molecule has 0 saturated heterocycles. The predicted octanol–water partition coefficient (Wildman–Crippen LogP) is 1.82. The van der Waals surface area contributed by atoms with Crippen molar-refractivity contribution in [2.45, 2.75) is 24.8 Å². The van der Waals surface area contributed by atoms with Gasteiger partial charge in [-0.3, -0.25) is 4.98 Å².